The molecule has 1 aromatic rings. The van der Waals surface area contributed by atoms with Crippen LogP contribution in [-0.4, -0.2) is 32.6 Å². The third-order valence-electron chi connectivity index (χ3n) is 3.89. The summed E-state index contributed by atoms with van der Waals surface area (Å²) < 4.78 is 1.76. The summed E-state index contributed by atoms with van der Waals surface area (Å²) in [4.78, 5) is 3.01. The highest BCUT2D eigenvalue weighted by atomic mass is 79.9. The van der Waals surface area contributed by atoms with Gasteiger partial charge in [-0.15, -0.1) is 0 Å². The lowest BCUT2D eigenvalue weighted by atomic mass is 9.94. The Labute approximate surface area is 123 Å². The van der Waals surface area contributed by atoms with E-state index >= 15 is 0 Å². The molecule has 1 fully saturated rings. The van der Waals surface area contributed by atoms with Crippen molar-refractivity contribution in [2.75, 3.05) is 7.05 Å². The van der Waals surface area contributed by atoms with Crippen molar-refractivity contribution < 1.29 is 0 Å². The molecule has 2 atom stereocenters. The maximum Gasteiger partial charge on any atom is 0.131 e. The molecule has 3 nitrogen and oxygen atoms in total. The number of aryl methyl sites for hydroxylation is 2. The van der Waals surface area contributed by atoms with Crippen molar-refractivity contribution in [1.82, 2.24) is 14.7 Å². The van der Waals surface area contributed by atoms with Crippen LogP contribution in [0.2, 0.25) is 5.15 Å². The minimum atomic E-state index is 0.604. The van der Waals surface area contributed by atoms with E-state index in [2.05, 4.69) is 33.0 Å². The number of hydrogen-bond donors (Lipinski definition) is 0. The van der Waals surface area contributed by atoms with Gasteiger partial charge in [-0.1, -0.05) is 40.4 Å². The van der Waals surface area contributed by atoms with E-state index in [9.17, 15) is 0 Å². The molecule has 1 aromatic heterocycles. The smallest absolute Gasteiger partial charge is 0.131 e. The highest BCUT2D eigenvalue weighted by molar-refractivity contribution is 9.09. The van der Waals surface area contributed by atoms with Crippen LogP contribution >= 0.6 is 27.5 Å². The minimum Gasteiger partial charge on any atom is -0.298 e. The third-order valence-corrected chi connectivity index (χ3v) is 5.43. The largest absolute Gasteiger partial charge is 0.298 e. The van der Waals surface area contributed by atoms with Gasteiger partial charge in [-0.3, -0.25) is 9.58 Å². The van der Waals surface area contributed by atoms with Crippen molar-refractivity contribution in [2.45, 2.75) is 50.0 Å². The van der Waals surface area contributed by atoms with Gasteiger partial charge >= 0.3 is 0 Å². The van der Waals surface area contributed by atoms with E-state index in [1.54, 1.807) is 4.68 Å². The molecule has 1 aliphatic rings. The van der Waals surface area contributed by atoms with Gasteiger partial charge in [-0.25, -0.2) is 0 Å². The molecule has 102 valence electrons. The summed E-state index contributed by atoms with van der Waals surface area (Å²) in [7, 11) is 4.08. The van der Waals surface area contributed by atoms with Gasteiger partial charge in [0.1, 0.15) is 5.15 Å². The van der Waals surface area contributed by atoms with E-state index in [0.717, 1.165) is 23.0 Å². The van der Waals surface area contributed by atoms with Gasteiger partial charge in [0.2, 0.25) is 0 Å². The second kappa shape index (κ2) is 5.93. The van der Waals surface area contributed by atoms with Gasteiger partial charge in [0.15, 0.2) is 0 Å². The maximum absolute atomic E-state index is 6.30. The van der Waals surface area contributed by atoms with Crippen LogP contribution in [-0.2, 0) is 13.6 Å². The lowest BCUT2D eigenvalue weighted by molar-refractivity contribution is 0.192. The lowest BCUT2D eigenvalue weighted by Crippen LogP contribution is -2.40. The number of hydrogen-bond acceptors (Lipinski definition) is 2. The van der Waals surface area contributed by atoms with Crippen LogP contribution in [0, 0.1) is 6.92 Å². The zero-order valence-corrected chi connectivity index (χ0v) is 13.6. The molecule has 0 amide bonds. The van der Waals surface area contributed by atoms with Crippen LogP contribution in [0.5, 0.6) is 0 Å². The molecule has 1 saturated carbocycles. The second-order valence-electron chi connectivity index (χ2n) is 5.26. The average Bonchev–Trinajstić information content (AvgIpc) is 2.56. The predicted octanol–water partition coefficient (Wildman–Crippen LogP) is 3.52. The van der Waals surface area contributed by atoms with Crippen molar-refractivity contribution in [1.29, 1.82) is 0 Å². The van der Waals surface area contributed by atoms with Crippen LogP contribution in [0.4, 0.5) is 0 Å². The Morgan fingerprint density at radius 1 is 1.44 bits per heavy atom. The van der Waals surface area contributed by atoms with Gasteiger partial charge in [0, 0.05) is 30.0 Å². The molecule has 0 bridgehead atoms. The van der Waals surface area contributed by atoms with E-state index in [1.165, 1.54) is 25.7 Å². The number of halogens is 2. The Bertz CT molecular complexity index is 419. The predicted molar refractivity (Wildman–Crippen MR) is 79.4 cm³/mol. The molecule has 0 aliphatic heterocycles. The van der Waals surface area contributed by atoms with E-state index in [4.69, 9.17) is 11.6 Å². The molecule has 0 aromatic carbocycles. The second-order valence-corrected chi connectivity index (χ2v) is 6.80. The first-order valence-electron chi connectivity index (χ1n) is 6.53. The van der Waals surface area contributed by atoms with Crippen molar-refractivity contribution >= 4 is 27.5 Å². The third kappa shape index (κ3) is 2.91. The van der Waals surface area contributed by atoms with Crippen molar-refractivity contribution in [2.24, 2.45) is 7.05 Å². The molecular weight excluding hydrogens is 314 g/mol. The Morgan fingerprint density at radius 3 is 2.67 bits per heavy atom. The van der Waals surface area contributed by atoms with E-state index in [1.807, 2.05) is 14.0 Å². The fourth-order valence-electron chi connectivity index (χ4n) is 2.78. The van der Waals surface area contributed by atoms with Crippen LogP contribution < -0.4 is 0 Å². The lowest BCUT2D eigenvalue weighted by Gasteiger charge is -2.35. The standard InChI is InChI=1S/C13H21BrClN3/c1-9-10(13(15)18(3)16-9)8-17(2)12-7-5-4-6-11(12)14/h11-12H,4-8H2,1-3H3. The SMILES string of the molecule is Cc1nn(C)c(Cl)c1CN(C)C1CCCCC1Br. The van der Waals surface area contributed by atoms with Crippen LogP contribution in [0.25, 0.3) is 0 Å². The van der Waals surface area contributed by atoms with E-state index < -0.39 is 0 Å². The zero-order chi connectivity index (χ0) is 13.3. The molecular formula is C13H21BrClN3. The quantitative estimate of drug-likeness (QED) is 0.789. The summed E-state index contributed by atoms with van der Waals surface area (Å²) in [5.74, 6) is 0. The van der Waals surface area contributed by atoms with Gasteiger partial charge in [-0.2, -0.15) is 5.10 Å². The summed E-state index contributed by atoms with van der Waals surface area (Å²) in [6.45, 7) is 2.91. The fraction of sp³-hybridized carbons (Fsp3) is 0.769. The highest BCUT2D eigenvalue weighted by Crippen LogP contribution is 2.30. The summed E-state index contributed by atoms with van der Waals surface area (Å²) in [6, 6.07) is 0.606. The first-order chi connectivity index (χ1) is 8.50. The number of aromatic nitrogens is 2. The van der Waals surface area contributed by atoms with Gasteiger partial charge in [0.25, 0.3) is 0 Å². The highest BCUT2D eigenvalue weighted by Gasteiger charge is 2.27. The summed E-state index contributed by atoms with van der Waals surface area (Å²) >= 11 is 10.1. The van der Waals surface area contributed by atoms with E-state index in [-0.39, 0.29) is 0 Å². The summed E-state index contributed by atoms with van der Waals surface area (Å²) in [5.41, 5.74) is 2.20. The number of nitrogens with zero attached hydrogens (tertiary/aromatic N) is 3. The fourth-order valence-corrected chi connectivity index (χ4v) is 4.01. The maximum atomic E-state index is 6.30. The normalized spacial score (nSPS) is 24.8. The first-order valence-corrected chi connectivity index (χ1v) is 7.82. The summed E-state index contributed by atoms with van der Waals surface area (Å²) in [5, 5.41) is 5.14. The molecule has 1 heterocycles. The molecule has 2 rings (SSSR count). The average molecular weight is 335 g/mol. The van der Waals surface area contributed by atoms with Crippen molar-refractivity contribution in [3.63, 3.8) is 0 Å². The van der Waals surface area contributed by atoms with Crippen LogP contribution in [0.3, 0.4) is 0 Å². The number of alkyl halides is 1. The molecule has 2 unspecified atom stereocenters. The first kappa shape index (κ1) is 14.4. The van der Waals surface area contributed by atoms with Gasteiger partial charge < -0.3 is 0 Å². The molecule has 1 aliphatic carbocycles. The monoisotopic (exact) mass is 333 g/mol. The summed E-state index contributed by atoms with van der Waals surface area (Å²) in [6.07, 6.45) is 5.21. The van der Waals surface area contributed by atoms with E-state index in [0.29, 0.717) is 10.9 Å². The Morgan fingerprint density at radius 2 is 2.11 bits per heavy atom. The Kier molecular flexibility index (Phi) is 4.73. The molecule has 0 radical (unpaired) electrons. The Balaban J connectivity index is 2.08. The molecule has 5 heteroatoms. The number of rotatable bonds is 3. The van der Waals surface area contributed by atoms with Crippen LogP contribution in [0.15, 0.2) is 0 Å². The molecule has 0 saturated heterocycles. The Hall–Kier alpha value is -0.0600. The topological polar surface area (TPSA) is 21.1 Å². The van der Waals surface area contributed by atoms with Crippen LogP contribution in [0.1, 0.15) is 36.9 Å². The van der Waals surface area contributed by atoms with Crippen molar-refractivity contribution in [3.05, 3.63) is 16.4 Å². The van der Waals surface area contributed by atoms with Gasteiger partial charge in [-0.05, 0) is 26.8 Å². The minimum absolute atomic E-state index is 0.604. The van der Waals surface area contributed by atoms with Crippen molar-refractivity contribution in [3.8, 4) is 0 Å². The van der Waals surface area contributed by atoms with Gasteiger partial charge in [0.05, 0.1) is 5.69 Å². The molecule has 0 N–H and O–H groups in total. The molecule has 0 spiro atoms. The zero-order valence-electron chi connectivity index (χ0n) is 11.3. The molecule has 18 heavy (non-hydrogen) atoms.